The summed E-state index contributed by atoms with van der Waals surface area (Å²) in [4.78, 5) is 2.28. The molecule has 0 spiro atoms. The Labute approximate surface area is 195 Å². The minimum atomic E-state index is -3.49. The SMILES string of the molecule is CC1(CNC[C@H]2CN(S(=O)(=O)c3cccs3)CCN2c2ccc(C(C)(C)O)cc2)COC1. The van der Waals surface area contributed by atoms with Gasteiger partial charge in [-0.1, -0.05) is 25.1 Å². The lowest BCUT2D eigenvalue weighted by Crippen LogP contribution is -2.59. The summed E-state index contributed by atoms with van der Waals surface area (Å²) in [5.41, 5.74) is 1.15. The maximum atomic E-state index is 13.1. The van der Waals surface area contributed by atoms with Crippen LogP contribution in [0.3, 0.4) is 0 Å². The third-order valence-electron chi connectivity index (χ3n) is 6.27. The normalized spacial score (nSPS) is 22.0. The van der Waals surface area contributed by atoms with E-state index in [1.807, 2.05) is 24.3 Å². The van der Waals surface area contributed by atoms with E-state index in [0.29, 0.717) is 30.4 Å². The van der Waals surface area contributed by atoms with Crippen LogP contribution in [0.1, 0.15) is 26.3 Å². The third kappa shape index (κ3) is 5.03. The molecule has 2 fully saturated rings. The van der Waals surface area contributed by atoms with Gasteiger partial charge in [-0.05, 0) is 43.0 Å². The lowest BCUT2D eigenvalue weighted by molar-refractivity contribution is -0.0990. The van der Waals surface area contributed by atoms with Gasteiger partial charge in [0, 0.05) is 43.8 Å². The Morgan fingerprint density at radius 3 is 2.50 bits per heavy atom. The first-order valence-corrected chi connectivity index (χ1v) is 13.3. The molecule has 0 unspecified atom stereocenters. The quantitative estimate of drug-likeness (QED) is 0.605. The molecule has 3 heterocycles. The molecule has 176 valence electrons. The highest BCUT2D eigenvalue weighted by Crippen LogP contribution is 2.29. The predicted molar refractivity (Wildman–Crippen MR) is 128 cm³/mol. The van der Waals surface area contributed by atoms with Gasteiger partial charge >= 0.3 is 0 Å². The van der Waals surface area contributed by atoms with E-state index in [9.17, 15) is 13.5 Å². The van der Waals surface area contributed by atoms with Crippen LogP contribution in [0.15, 0.2) is 46.0 Å². The molecule has 9 heteroatoms. The topological polar surface area (TPSA) is 82.1 Å². The fraction of sp³-hybridized carbons (Fsp3) is 0.565. The summed E-state index contributed by atoms with van der Waals surface area (Å²) < 4.78 is 33.6. The lowest BCUT2D eigenvalue weighted by atomic mass is 9.88. The standard InChI is InChI=1S/C23H33N3O4S2/c1-22(2,27)18-6-8-19(9-7-18)26-11-10-25(32(28,29)21-5-4-12-31-21)14-20(26)13-24-15-23(3)16-30-17-23/h4-9,12,20,24,27H,10-11,13-17H2,1-3H3/t20-/m0/s1. The van der Waals surface area contributed by atoms with Gasteiger partial charge in [0.15, 0.2) is 0 Å². The van der Waals surface area contributed by atoms with E-state index < -0.39 is 15.6 Å². The summed E-state index contributed by atoms with van der Waals surface area (Å²) in [6.45, 7) is 10.2. The molecule has 2 aliphatic rings. The number of hydrogen-bond donors (Lipinski definition) is 2. The summed E-state index contributed by atoms with van der Waals surface area (Å²) in [5, 5.41) is 15.6. The molecule has 4 rings (SSSR count). The zero-order valence-electron chi connectivity index (χ0n) is 19.0. The highest BCUT2D eigenvalue weighted by molar-refractivity contribution is 7.91. The molecule has 0 aliphatic carbocycles. The predicted octanol–water partition coefficient (Wildman–Crippen LogP) is 2.48. The zero-order chi connectivity index (χ0) is 23.0. The number of piperazine rings is 1. The van der Waals surface area contributed by atoms with Gasteiger partial charge in [-0.3, -0.25) is 0 Å². The number of rotatable bonds is 8. The number of thiophene rings is 1. The fourth-order valence-corrected chi connectivity index (χ4v) is 6.86. The summed E-state index contributed by atoms with van der Waals surface area (Å²) in [6, 6.07) is 11.4. The van der Waals surface area contributed by atoms with Crippen LogP contribution in [-0.2, 0) is 20.4 Å². The molecule has 1 atom stereocenters. The van der Waals surface area contributed by atoms with Crippen LogP contribution in [0.25, 0.3) is 0 Å². The first-order chi connectivity index (χ1) is 15.1. The van der Waals surface area contributed by atoms with Crippen LogP contribution in [0, 0.1) is 5.41 Å². The van der Waals surface area contributed by atoms with Crippen molar-refractivity contribution in [1.82, 2.24) is 9.62 Å². The van der Waals surface area contributed by atoms with Crippen molar-refractivity contribution < 1.29 is 18.3 Å². The number of anilines is 1. The molecule has 0 radical (unpaired) electrons. The molecule has 32 heavy (non-hydrogen) atoms. The number of nitrogens with one attached hydrogen (secondary N) is 1. The Kier molecular flexibility index (Phi) is 6.68. The molecule has 2 saturated heterocycles. The number of sulfonamides is 1. The molecular weight excluding hydrogens is 446 g/mol. The van der Waals surface area contributed by atoms with Crippen LogP contribution < -0.4 is 10.2 Å². The zero-order valence-corrected chi connectivity index (χ0v) is 20.6. The van der Waals surface area contributed by atoms with E-state index >= 15 is 0 Å². The van der Waals surface area contributed by atoms with Crippen LogP contribution in [0.2, 0.25) is 0 Å². The van der Waals surface area contributed by atoms with Gasteiger partial charge in [0.1, 0.15) is 4.21 Å². The molecule has 0 saturated carbocycles. The Morgan fingerprint density at radius 2 is 1.94 bits per heavy atom. The monoisotopic (exact) mass is 479 g/mol. The lowest BCUT2D eigenvalue weighted by Gasteiger charge is -2.43. The molecule has 1 aromatic heterocycles. The van der Waals surface area contributed by atoms with Crippen molar-refractivity contribution in [3.63, 3.8) is 0 Å². The van der Waals surface area contributed by atoms with Gasteiger partial charge in [0.25, 0.3) is 10.0 Å². The fourth-order valence-electron chi connectivity index (χ4n) is 4.25. The van der Waals surface area contributed by atoms with Crippen molar-refractivity contribution in [2.75, 3.05) is 50.8 Å². The van der Waals surface area contributed by atoms with E-state index in [-0.39, 0.29) is 11.5 Å². The van der Waals surface area contributed by atoms with E-state index in [0.717, 1.165) is 31.0 Å². The van der Waals surface area contributed by atoms with Gasteiger partial charge in [-0.15, -0.1) is 11.3 Å². The average molecular weight is 480 g/mol. The molecule has 7 nitrogen and oxygen atoms in total. The van der Waals surface area contributed by atoms with Crippen LogP contribution in [-0.4, -0.2) is 69.8 Å². The Balaban J connectivity index is 1.52. The summed E-state index contributed by atoms with van der Waals surface area (Å²) in [7, 11) is -3.49. The largest absolute Gasteiger partial charge is 0.386 e. The summed E-state index contributed by atoms with van der Waals surface area (Å²) in [5.74, 6) is 0. The number of nitrogens with zero attached hydrogens (tertiary/aromatic N) is 2. The van der Waals surface area contributed by atoms with Crippen LogP contribution >= 0.6 is 11.3 Å². The van der Waals surface area contributed by atoms with Crippen molar-refractivity contribution in [3.8, 4) is 0 Å². The minimum Gasteiger partial charge on any atom is -0.386 e. The van der Waals surface area contributed by atoms with Crippen LogP contribution in [0.5, 0.6) is 0 Å². The molecule has 2 aromatic rings. The Morgan fingerprint density at radius 1 is 1.22 bits per heavy atom. The molecule has 0 amide bonds. The van der Waals surface area contributed by atoms with Gasteiger partial charge in [0.2, 0.25) is 0 Å². The smallest absolute Gasteiger partial charge is 0.252 e. The highest BCUT2D eigenvalue weighted by Gasteiger charge is 2.36. The minimum absolute atomic E-state index is 0.00364. The van der Waals surface area contributed by atoms with Crippen LogP contribution in [0.4, 0.5) is 5.69 Å². The van der Waals surface area contributed by atoms with Gasteiger partial charge in [-0.2, -0.15) is 4.31 Å². The second-order valence-corrected chi connectivity index (χ2v) is 12.8. The van der Waals surface area contributed by atoms with Crippen molar-refractivity contribution in [3.05, 3.63) is 47.3 Å². The molecule has 0 bridgehead atoms. The number of ether oxygens (including phenoxy) is 1. The highest BCUT2D eigenvalue weighted by atomic mass is 32.2. The van der Waals surface area contributed by atoms with Crippen molar-refractivity contribution in [2.24, 2.45) is 5.41 Å². The molecule has 1 aromatic carbocycles. The number of aliphatic hydroxyl groups is 1. The number of benzene rings is 1. The van der Waals surface area contributed by atoms with Gasteiger partial charge in [0.05, 0.1) is 24.9 Å². The maximum Gasteiger partial charge on any atom is 0.252 e. The third-order valence-corrected chi connectivity index (χ3v) is 9.51. The summed E-state index contributed by atoms with van der Waals surface area (Å²) >= 11 is 1.26. The Hall–Kier alpha value is -1.49. The van der Waals surface area contributed by atoms with E-state index in [1.54, 1.807) is 35.7 Å². The van der Waals surface area contributed by atoms with Crippen molar-refractivity contribution >= 4 is 27.0 Å². The summed E-state index contributed by atoms with van der Waals surface area (Å²) in [6.07, 6.45) is 0. The maximum absolute atomic E-state index is 13.1. The van der Waals surface area contributed by atoms with Gasteiger partial charge < -0.3 is 20.1 Å². The number of hydrogen-bond acceptors (Lipinski definition) is 7. The first kappa shape index (κ1) is 23.7. The van der Waals surface area contributed by atoms with E-state index in [4.69, 9.17) is 4.74 Å². The second-order valence-electron chi connectivity index (χ2n) is 9.68. The van der Waals surface area contributed by atoms with Crippen molar-refractivity contribution in [1.29, 1.82) is 0 Å². The Bertz CT molecular complexity index is 997. The van der Waals surface area contributed by atoms with Crippen molar-refractivity contribution in [2.45, 2.75) is 36.6 Å². The molecule has 2 N–H and O–H groups in total. The van der Waals surface area contributed by atoms with E-state index in [2.05, 4.69) is 17.1 Å². The first-order valence-electron chi connectivity index (χ1n) is 11.0. The molecule has 2 aliphatic heterocycles. The van der Waals surface area contributed by atoms with Gasteiger partial charge in [-0.25, -0.2) is 8.42 Å². The average Bonchev–Trinajstić information content (AvgIpc) is 3.28. The van der Waals surface area contributed by atoms with E-state index in [1.165, 1.54) is 11.3 Å². The molecular formula is C23H33N3O4S2. The second kappa shape index (κ2) is 9.04.